The van der Waals surface area contributed by atoms with E-state index < -0.39 is 0 Å². The van der Waals surface area contributed by atoms with E-state index in [-0.39, 0.29) is 6.67 Å². The minimum Gasteiger partial charge on any atom is -0.251 e. The Morgan fingerprint density at radius 2 is 0.676 bits per heavy atom. The van der Waals surface area contributed by atoms with Crippen LogP contribution in [0.3, 0.4) is 0 Å². The molecule has 0 amide bonds. The molecule has 0 N–H and O–H groups in total. The highest BCUT2D eigenvalue weighted by Crippen LogP contribution is 2.46. The van der Waals surface area contributed by atoms with Crippen molar-refractivity contribution in [2.45, 2.75) is 187 Å². The first kappa shape index (κ1) is 31.5. The van der Waals surface area contributed by atoms with Crippen LogP contribution in [0.25, 0.3) is 0 Å². The summed E-state index contributed by atoms with van der Waals surface area (Å²) in [6, 6.07) is 0. The molecule has 0 atom stereocenters. The van der Waals surface area contributed by atoms with Gasteiger partial charge in [0.05, 0.1) is 6.67 Å². The Morgan fingerprint density at radius 1 is 0.378 bits per heavy atom. The van der Waals surface area contributed by atoms with E-state index in [9.17, 15) is 4.39 Å². The summed E-state index contributed by atoms with van der Waals surface area (Å²) in [6.45, 7) is 2.20. The zero-order valence-corrected chi connectivity index (χ0v) is 25.3. The number of alkyl halides is 1. The molecule has 0 aromatic rings. The predicted molar refractivity (Wildman–Crippen MR) is 162 cm³/mol. The third-order valence-electron chi connectivity index (χ3n) is 11.4. The molecule has 0 aromatic heterocycles. The number of unbranched alkanes of at least 4 members (excludes halogenated alkanes) is 12. The van der Waals surface area contributed by atoms with Crippen molar-refractivity contribution in [1.29, 1.82) is 0 Å². The summed E-state index contributed by atoms with van der Waals surface area (Å²) in [5.74, 6) is 6.44. The predicted octanol–water partition coefficient (Wildman–Crippen LogP) is 12.6. The molecule has 0 aliphatic heterocycles. The van der Waals surface area contributed by atoms with Crippen molar-refractivity contribution in [2.24, 2.45) is 35.5 Å². The molecule has 1 heteroatoms. The third kappa shape index (κ3) is 12.8. The Morgan fingerprint density at radius 3 is 1.03 bits per heavy atom. The first-order valence-electron chi connectivity index (χ1n) is 17.9. The van der Waals surface area contributed by atoms with Crippen LogP contribution in [-0.4, -0.2) is 6.67 Å². The molecule has 0 radical (unpaired) electrons. The summed E-state index contributed by atoms with van der Waals surface area (Å²) in [5.41, 5.74) is 0. The lowest BCUT2D eigenvalue weighted by Gasteiger charge is -2.41. The Labute approximate surface area is 233 Å². The second-order valence-corrected chi connectivity index (χ2v) is 14.1. The van der Waals surface area contributed by atoms with E-state index in [1.54, 1.807) is 64.2 Å². The smallest absolute Gasteiger partial charge is 0.0894 e. The minimum absolute atomic E-state index is 0.121. The molecule has 3 saturated carbocycles. The van der Waals surface area contributed by atoms with Crippen molar-refractivity contribution in [1.82, 2.24) is 0 Å². The average molecular weight is 519 g/mol. The van der Waals surface area contributed by atoms with Crippen LogP contribution in [-0.2, 0) is 0 Å². The van der Waals surface area contributed by atoms with Gasteiger partial charge in [0.25, 0.3) is 0 Å². The third-order valence-corrected chi connectivity index (χ3v) is 11.4. The van der Waals surface area contributed by atoms with Gasteiger partial charge in [-0.05, 0) is 93.3 Å². The van der Waals surface area contributed by atoms with Gasteiger partial charge in [0, 0.05) is 0 Å². The summed E-state index contributed by atoms with van der Waals surface area (Å²) in [4.78, 5) is 0. The number of hydrogen-bond donors (Lipinski definition) is 0. The standard InChI is InChI=1S/C36H67F/c1-2-3-4-5-7-10-13-16-31-18-22-33(23-19-31)35-26-28-36(29-27-35)34-24-20-32(21-25-34)17-14-11-8-6-9-12-15-30-37/h31-36H,2-30H2,1H3. The highest BCUT2D eigenvalue weighted by Gasteiger charge is 2.34. The lowest BCUT2D eigenvalue weighted by molar-refractivity contribution is 0.102. The fourth-order valence-electron chi connectivity index (χ4n) is 8.79. The highest BCUT2D eigenvalue weighted by atomic mass is 19.1. The van der Waals surface area contributed by atoms with Crippen LogP contribution in [0.2, 0.25) is 0 Å². The second-order valence-electron chi connectivity index (χ2n) is 14.1. The Balaban J connectivity index is 1.17. The molecule has 3 aliphatic rings. The van der Waals surface area contributed by atoms with Crippen LogP contribution in [0, 0.1) is 35.5 Å². The molecule has 0 nitrogen and oxygen atoms in total. The van der Waals surface area contributed by atoms with E-state index in [1.165, 1.54) is 103 Å². The maximum Gasteiger partial charge on any atom is 0.0894 e. The minimum atomic E-state index is -0.121. The van der Waals surface area contributed by atoms with E-state index >= 15 is 0 Å². The maximum absolute atomic E-state index is 12.2. The molecule has 0 bridgehead atoms. The van der Waals surface area contributed by atoms with Gasteiger partial charge in [0.15, 0.2) is 0 Å². The van der Waals surface area contributed by atoms with Crippen molar-refractivity contribution in [3.05, 3.63) is 0 Å². The van der Waals surface area contributed by atoms with Crippen molar-refractivity contribution in [3.8, 4) is 0 Å². The topological polar surface area (TPSA) is 0 Å². The number of hydrogen-bond acceptors (Lipinski definition) is 0. The molecule has 0 heterocycles. The molecule has 0 spiro atoms. The molecular formula is C36H67F. The molecule has 3 fully saturated rings. The molecule has 0 unspecified atom stereocenters. The van der Waals surface area contributed by atoms with E-state index in [4.69, 9.17) is 0 Å². The Hall–Kier alpha value is -0.0700. The molecule has 218 valence electrons. The Bertz CT molecular complexity index is 505. The normalized spacial score (nSPS) is 31.0. The van der Waals surface area contributed by atoms with Crippen molar-refractivity contribution < 1.29 is 4.39 Å². The maximum atomic E-state index is 12.2. The molecule has 0 aromatic carbocycles. The molecule has 3 aliphatic carbocycles. The lowest BCUT2D eigenvalue weighted by Crippen LogP contribution is -2.29. The Kier molecular flexibility index (Phi) is 16.9. The summed E-state index contributed by atoms with van der Waals surface area (Å²) < 4.78 is 12.2. The SMILES string of the molecule is CCCCCCCCCC1CCC(C2CCC(C3CCC(CCCCCCCCCF)CC3)CC2)CC1. The fourth-order valence-corrected chi connectivity index (χ4v) is 8.79. The number of halogens is 1. The van der Waals surface area contributed by atoms with Gasteiger partial charge in [0.2, 0.25) is 0 Å². The van der Waals surface area contributed by atoms with Gasteiger partial charge in [-0.1, -0.05) is 129 Å². The van der Waals surface area contributed by atoms with E-state index in [0.29, 0.717) is 0 Å². The van der Waals surface area contributed by atoms with Crippen LogP contribution in [0.5, 0.6) is 0 Å². The molecular weight excluding hydrogens is 451 g/mol. The molecule has 0 saturated heterocycles. The monoisotopic (exact) mass is 519 g/mol. The summed E-state index contributed by atoms with van der Waals surface area (Å²) in [5, 5.41) is 0. The summed E-state index contributed by atoms with van der Waals surface area (Å²) >= 11 is 0. The van der Waals surface area contributed by atoms with Crippen LogP contribution in [0.15, 0.2) is 0 Å². The van der Waals surface area contributed by atoms with Crippen LogP contribution < -0.4 is 0 Å². The summed E-state index contributed by atoms with van der Waals surface area (Å²) in [6.07, 6.45) is 40.7. The van der Waals surface area contributed by atoms with Gasteiger partial charge in [-0.3, -0.25) is 4.39 Å². The zero-order chi connectivity index (χ0) is 26.0. The highest BCUT2D eigenvalue weighted by molar-refractivity contribution is 4.86. The number of rotatable bonds is 19. The van der Waals surface area contributed by atoms with Crippen molar-refractivity contribution in [2.75, 3.05) is 6.67 Å². The lowest BCUT2D eigenvalue weighted by atomic mass is 9.64. The second kappa shape index (κ2) is 19.9. The van der Waals surface area contributed by atoms with Gasteiger partial charge in [-0.25, -0.2) is 0 Å². The van der Waals surface area contributed by atoms with Gasteiger partial charge in [-0.15, -0.1) is 0 Å². The van der Waals surface area contributed by atoms with Crippen LogP contribution >= 0.6 is 0 Å². The average Bonchev–Trinajstić information content (AvgIpc) is 2.95. The van der Waals surface area contributed by atoms with Crippen molar-refractivity contribution in [3.63, 3.8) is 0 Å². The first-order chi connectivity index (χ1) is 18.3. The van der Waals surface area contributed by atoms with E-state index in [0.717, 1.165) is 48.3 Å². The van der Waals surface area contributed by atoms with Gasteiger partial charge in [-0.2, -0.15) is 0 Å². The van der Waals surface area contributed by atoms with Crippen molar-refractivity contribution >= 4 is 0 Å². The molecule has 37 heavy (non-hydrogen) atoms. The van der Waals surface area contributed by atoms with Crippen LogP contribution in [0.4, 0.5) is 4.39 Å². The largest absolute Gasteiger partial charge is 0.251 e. The van der Waals surface area contributed by atoms with Gasteiger partial charge < -0.3 is 0 Å². The summed E-state index contributed by atoms with van der Waals surface area (Å²) in [7, 11) is 0. The quantitative estimate of drug-likeness (QED) is 0.149. The van der Waals surface area contributed by atoms with E-state index in [1.807, 2.05) is 0 Å². The van der Waals surface area contributed by atoms with Gasteiger partial charge >= 0.3 is 0 Å². The van der Waals surface area contributed by atoms with E-state index in [2.05, 4.69) is 6.92 Å². The van der Waals surface area contributed by atoms with Crippen LogP contribution in [0.1, 0.15) is 187 Å². The van der Waals surface area contributed by atoms with Gasteiger partial charge in [0.1, 0.15) is 0 Å². The fraction of sp³-hybridized carbons (Fsp3) is 1.00. The molecule has 3 rings (SSSR count). The zero-order valence-electron chi connectivity index (χ0n) is 25.3. The first-order valence-corrected chi connectivity index (χ1v) is 17.9.